The van der Waals surface area contributed by atoms with Gasteiger partial charge in [-0.2, -0.15) is 0 Å². The standard InChI is InChI=1S/C14H14Cl2N2O2/c1-14(9-3-4-9)12(19)18(13(20)17-14)7-8-2-5-10(15)6-11(8)16/h2,5-6,9H,3-4,7H2,1H3,(H,17,20). The molecule has 1 atom stereocenters. The lowest BCUT2D eigenvalue weighted by atomic mass is 9.96. The van der Waals surface area contributed by atoms with Gasteiger partial charge in [-0.3, -0.25) is 9.69 Å². The molecule has 1 N–H and O–H groups in total. The van der Waals surface area contributed by atoms with Crippen LogP contribution in [0.15, 0.2) is 18.2 Å². The van der Waals surface area contributed by atoms with Crippen molar-refractivity contribution in [2.75, 3.05) is 0 Å². The monoisotopic (exact) mass is 312 g/mol. The van der Waals surface area contributed by atoms with E-state index in [1.165, 1.54) is 4.90 Å². The molecule has 6 heteroatoms. The Bertz CT molecular complexity index is 601. The van der Waals surface area contributed by atoms with Crippen LogP contribution >= 0.6 is 23.2 Å². The van der Waals surface area contributed by atoms with E-state index in [1.807, 2.05) is 0 Å². The first kappa shape index (κ1) is 13.7. The molecule has 1 aromatic carbocycles. The third kappa shape index (κ3) is 2.17. The molecule has 3 rings (SSSR count). The summed E-state index contributed by atoms with van der Waals surface area (Å²) >= 11 is 11.9. The van der Waals surface area contributed by atoms with Crippen LogP contribution in [0, 0.1) is 5.92 Å². The molecule has 1 aliphatic carbocycles. The van der Waals surface area contributed by atoms with Crippen molar-refractivity contribution in [1.29, 1.82) is 0 Å². The Morgan fingerprint density at radius 1 is 1.35 bits per heavy atom. The van der Waals surface area contributed by atoms with Gasteiger partial charge in [0, 0.05) is 10.0 Å². The lowest BCUT2D eigenvalue weighted by Crippen LogP contribution is -2.46. The van der Waals surface area contributed by atoms with E-state index in [1.54, 1.807) is 25.1 Å². The summed E-state index contributed by atoms with van der Waals surface area (Å²) in [5.74, 6) is 0.0839. The van der Waals surface area contributed by atoms with Crippen LogP contribution in [0.25, 0.3) is 0 Å². The van der Waals surface area contributed by atoms with E-state index in [4.69, 9.17) is 23.2 Å². The van der Waals surface area contributed by atoms with Gasteiger partial charge in [-0.05, 0) is 43.4 Å². The van der Waals surface area contributed by atoms with Gasteiger partial charge in [-0.15, -0.1) is 0 Å². The molecule has 4 nitrogen and oxygen atoms in total. The van der Waals surface area contributed by atoms with Crippen LogP contribution in [0.3, 0.4) is 0 Å². The van der Waals surface area contributed by atoms with Gasteiger partial charge in [-0.25, -0.2) is 4.79 Å². The van der Waals surface area contributed by atoms with Crippen molar-refractivity contribution in [3.63, 3.8) is 0 Å². The summed E-state index contributed by atoms with van der Waals surface area (Å²) in [6.07, 6.45) is 1.97. The van der Waals surface area contributed by atoms with E-state index in [2.05, 4.69) is 5.32 Å². The Kier molecular flexibility index (Phi) is 3.18. The average molecular weight is 313 g/mol. The second kappa shape index (κ2) is 4.64. The molecule has 20 heavy (non-hydrogen) atoms. The van der Waals surface area contributed by atoms with Crippen LogP contribution in [0.2, 0.25) is 10.0 Å². The minimum atomic E-state index is -0.754. The summed E-state index contributed by atoms with van der Waals surface area (Å²) in [4.78, 5) is 25.7. The number of rotatable bonds is 3. The van der Waals surface area contributed by atoms with Gasteiger partial charge in [0.25, 0.3) is 5.91 Å². The summed E-state index contributed by atoms with van der Waals surface area (Å²) in [6, 6.07) is 4.69. The molecule has 2 aliphatic rings. The highest BCUT2D eigenvalue weighted by Crippen LogP contribution is 2.43. The molecule has 1 aromatic rings. The lowest BCUT2D eigenvalue weighted by molar-refractivity contribution is -0.131. The number of amides is 3. The molecule has 2 fully saturated rings. The number of hydrogen-bond donors (Lipinski definition) is 1. The minimum Gasteiger partial charge on any atom is -0.323 e. The molecule has 0 spiro atoms. The topological polar surface area (TPSA) is 49.4 Å². The quantitative estimate of drug-likeness (QED) is 0.871. The maximum atomic E-state index is 12.5. The second-order valence-electron chi connectivity index (χ2n) is 5.53. The number of urea groups is 1. The number of carbonyl (C=O) groups excluding carboxylic acids is 2. The maximum absolute atomic E-state index is 12.5. The highest BCUT2D eigenvalue weighted by atomic mass is 35.5. The summed E-state index contributed by atoms with van der Waals surface area (Å²) < 4.78 is 0. The molecule has 0 bridgehead atoms. The van der Waals surface area contributed by atoms with Crippen LogP contribution < -0.4 is 5.32 Å². The smallest absolute Gasteiger partial charge is 0.323 e. The van der Waals surface area contributed by atoms with E-state index < -0.39 is 5.54 Å². The van der Waals surface area contributed by atoms with Gasteiger partial charge in [0.15, 0.2) is 0 Å². The second-order valence-corrected chi connectivity index (χ2v) is 6.38. The van der Waals surface area contributed by atoms with Gasteiger partial charge < -0.3 is 5.32 Å². The van der Waals surface area contributed by atoms with E-state index in [9.17, 15) is 9.59 Å². The average Bonchev–Trinajstić information content (AvgIpc) is 3.18. The zero-order chi connectivity index (χ0) is 14.5. The summed E-state index contributed by atoms with van der Waals surface area (Å²) in [6.45, 7) is 1.97. The van der Waals surface area contributed by atoms with E-state index in [-0.39, 0.29) is 24.4 Å². The Morgan fingerprint density at radius 2 is 2.05 bits per heavy atom. The fraction of sp³-hybridized carbons (Fsp3) is 0.429. The number of nitrogens with one attached hydrogen (secondary N) is 1. The third-order valence-corrected chi connectivity index (χ3v) is 4.63. The Balaban J connectivity index is 1.84. The van der Waals surface area contributed by atoms with Crippen molar-refractivity contribution in [3.8, 4) is 0 Å². The first-order valence-corrected chi connectivity index (χ1v) is 7.25. The lowest BCUT2D eigenvalue weighted by Gasteiger charge is -2.21. The van der Waals surface area contributed by atoms with Crippen molar-refractivity contribution in [1.82, 2.24) is 10.2 Å². The fourth-order valence-corrected chi connectivity index (χ4v) is 3.09. The van der Waals surface area contributed by atoms with Gasteiger partial charge in [-0.1, -0.05) is 29.3 Å². The van der Waals surface area contributed by atoms with E-state index >= 15 is 0 Å². The number of benzene rings is 1. The predicted molar refractivity (Wildman–Crippen MR) is 76.7 cm³/mol. The number of carbonyl (C=O) groups is 2. The highest BCUT2D eigenvalue weighted by molar-refractivity contribution is 6.35. The van der Waals surface area contributed by atoms with Crippen LogP contribution in [0.5, 0.6) is 0 Å². The first-order chi connectivity index (χ1) is 9.41. The summed E-state index contributed by atoms with van der Waals surface area (Å²) in [5.41, 5.74) is -0.0460. The molecule has 1 heterocycles. The summed E-state index contributed by atoms with van der Waals surface area (Å²) in [7, 11) is 0. The zero-order valence-electron chi connectivity index (χ0n) is 11.0. The summed E-state index contributed by atoms with van der Waals surface area (Å²) in [5, 5.41) is 3.79. The van der Waals surface area contributed by atoms with Crippen LogP contribution in [0.4, 0.5) is 4.79 Å². The van der Waals surface area contributed by atoms with E-state index in [0.717, 1.165) is 12.8 Å². The number of halogens is 2. The van der Waals surface area contributed by atoms with E-state index in [0.29, 0.717) is 15.6 Å². The highest BCUT2D eigenvalue weighted by Gasteiger charge is 2.55. The minimum absolute atomic E-state index is 0.170. The number of hydrogen-bond acceptors (Lipinski definition) is 2. The van der Waals surface area contributed by atoms with Gasteiger partial charge in [0.2, 0.25) is 0 Å². The van der Waals surface area contributed by atoms with Crippen LogP contribution in [-0.2, 0) is 11.3 Å². The molecule has 0 radical (unpaired) electrons. The third-order valence-electron chi connectivity index (χ3n) is 4.04. The van der Waals surface area contributed by atoms with Crippen LogP contribution in [0.1, 0.15) is 25.3 Å². The molecular formula is C14H14Cl2N2O2. The molecule has 1 saturated carbocycles. The SMILES string of the molecule is CC1(C2CC2)NC(=O)N(Cc2ccc(Cl)cc2Cl)C1=O. The Labute approximate surface area is 127 Å². The fourth-order valence-electron chi connectivity index (χ4n) is 2.62. The van der Waals surface area contributed by atoms with Crippen LogP contribution in [-0.4, -0.2) is 22.4 Å². The van der Waals surface area contributed by atoms with Crippen molar-refractivity contribution in [2.45, 2.75) is 31.8 Å². The van der Waals surface area contributed by atoms with Gasteiger partial charge in [0.1, 0.15) is 5.54 Å². The maximum Gasteiger partial charge on any atom is 0.325 e. The van der Waals surface area contributed by atoms with Crippen molar-refractivity contribution in [2.24, 2.45) is 5.92 Å². The first-order valence-electron chi connectivity index (χ1n) is 6.50. The number of imide groups is 1. The molecule has 3 amide bonds. The van der Waals surface area contributed by atoms with Gasteiger partial charge in [0.05, 0.1) is 6.54 Å². The molecule has 0 aromatic heterocycles. The molecule has 1 aliphatic heterocycles. The normalized spacial score (nSPS) is 26.1. The Hall–Kier alpha value is -1.26. The van der Waals surface area contributed by atoms with Crippen molar-refractivity contribution < 1.29 is 9.59 Å². The zero-order valence-corrected chi connectivity index (χ0v) is 12.5. The van der Waals surface area contributed by atoms with Gasteiger partial charge >= 0.3 is 6.03 Å². The largest absolute Gasteiger partial charge is 0.325 e. The molecule has 1 unspecified atom stereocenters. The number of nitrogens with zero attached hydrogens (tertiary/aromatic N) is 1. The van der Waals surface area contributed by atoms with Crippen molar-refractivity contribution in [3.05, 3.63) is 33.8 Å². The van der Waals surface area contributed by atoms with Crippen molar-refractivity contribution >= 4 is 35.1 Å². The predicted octanol–water partition coefficient (Wildman–Crippen LogP) is 3.21. The molecular weight excluding hydrogens is 299 g/mol. The molecule has 106 valence electrons. The molecule has 1 saturated heterocycles. The Morgan fingerprint density at radius 3 is 2.65 bits per heavy atom.